The van der Waals surface area contributed by atoms with E-state index in [1.807, 2.05) is 30.3 Å². The molecular weight excluding hydrogens is 380 g/mol. The van der Waals surface area contributed by atoms with Gasteiger partial charge in [-0.2, -0.15) is 10.2 Å². The number of rotatable bonds is 7. The van der Waals surface area contributed by atoms with E-state index in [1.165, 1.54) is 6.92 Å². The molecule has 0 spiro atoms. The number of anilines is 2. The van der Waals surface area contributed by atoms with Crippen LogP contribution in [0.15, 0.2) is 89.1 Å². The molecule has 0 radical (unpaired) electrons. The Hall–Kier alpha value is -4.00. The summed E-state index contributed by atoms with van der Waals surface area (Å²) >= 11 is 0. The van der Waals surface area contributed by atoms with Gasteiger partial charge in [-0.1, -0.05) is 18.2 Å². The standard InChI is InChI=1S/C23H22N4O3/c1-16(23(29)25-19-10-8-18(9-11-19)24-17(2)28)30-22-14-12-21(13-15-22)27-26-20-6-4-3-5-7-20/h3-16H,1-2H3,(H,24,28)(H,25,29). The average Bonchev–Trinajstić information content (AvgIpc) is 2.75. The molecule has 3 aromatic carbocycles. The number of ether oxygens (including phenoxy) is 1. The first-order valence-corrected chi connectivity index (χ1v) is 9.41. The fourth-order valence-electron chi connectivity index (χ4n) is 2.54. The maximum absolute atomic E-state index is 12.4. The molecule has 0 saturated heterocycles. The smallest absolute Gasteiger partial charge is 0.265 e. The summed E-state index contributed by atoms with van der Waals surface area (Å²) in [7, 11) is 0. The van der Waals surface area contributed by atoms with E-state index in [9.17, 15) is 9.59 Å². The Morgan fingerprint density at radius 2 is 1.30 bits per heavy atom. The third-order valence-electron chi connectivity index (χ3n) is 4.03. The number of amides is 2. The van der Waals surface area contributed by atoms with Crippen LogP contribution >= 0.6 is 0 Å². The quantitative estimate of drug-likeness (QED) is 0.514. The molecule has 0 aliphatic carbocycles. The minimum Gasteiger partial charge on any atom is -0.481 e. The highest BCUT2D eigenvalue weighted by atomic mass is 16.5. The van der Waals surface area contributed by atoms with Crippen molar-refractivity contribution in [1.82, 2.24) is 0 Å². The van der Waals surface area contributed by atoms with Gasteiger partial charge in [-0.05, 0) is 67.6 Å². The van der Waals surface area contributed by atoms with Crippen molar-refractivity contribution in [3.8, 4) is 5.75 Å². The first-order chi connectivity index (χ1) is 14.5. The summed E-state index contributed by atoms with van der Waals surface area (Å²) < 4.78 is 5.70. The van der Waals surface area contributed by atoms with Gasteiger partial charge in [-0.3, -0.25) is 9.59 Å². The molecule has 0 aromatic heterocycles. The fourth-order valence-corrected chi connectivity index (χ4v) is 2.54. The van der Waals surface area contributed by atoms with Gasteiger partial charge in [0.2, 0.25) is 5.91 Å². The van der Waals surface area contributed by atoms with Crippen molar-refractivity contribution < 1.29 is 14.3 Å². The molecule has 3 aromatic rings. The summed E-state index contributed by atoms with van der Waals surface area (Å²) in [5.74, 6) is 0.119. The van der Waals surface area contributed by atoms with Gasteiger partial charge in [0.05, 0.1) is 11.4 Å². The van der Waals surface area contributed by atoms with Gasteiger partial charge >= 0.3 is 0 Å². The van der Waals surface area contributed by atoms with Crippen LogP contribution in [0.4, 0.5) is 22.7 Å². The van der Waals surface area contributed by atoms with Crippen LogP contribution in [-0.4, -0.2) is 17.9 Å². The van der Waals surface area contributed by atoms with Crippen LogP contribution in [-0.2, 0) is 9.59 Å². The first kappa shape index (κ1) is 20.7. The number of carbonyl (C=O) groups is 2. The zero-order valence-corrected chi connectivity index (χ0v) is 16.7. The largest absolute Gasteiger partial charge is 0.481 e. The molecule has 1 atom stereocenters. The van der Waals surface area contributed by atoms with Crippen LogP contribution < -0.4 is 15.4 Å². The Kier molecular flexibility index (Phi) is 6.89. The maximum atomic E-state index is 12.4. The number of azo groups is 1. The molecule has 7 nitrogen and oxygen atoms in total. The highest BCUT2D eigenvalue weighted by molar-refractivity contribution is 5.94. The molecule has 0 heterocycles. The van der Waals surface area contributed by atoms with E-state index < -0.39 is 6.10 Å². The summed E-state index contributed by atoms with van der Waals surface area (Å²) in [6.07, 6.45) is -0.697. The second kappa shape index (κ2) is 9.97. The van der Waals surface area contributed by atoms with Crippen molar-refractivity contribution in [3.05, 3.63) is 78.9 Å². The number of hydrogen-bond acceptors (Lipinski definition) is 5. The third-order valence-corrected chi connectivity index (χ3v) is 4.03. The Bertz CT molecular complexity index is 1020. The highest BCUT2D eigenvalue weighted by Crippen LogP contribution is 2.22. The lowest BCUT2D eigenvalue weighted by atomic mass is 10.2. The van der Waals surface area contributed by atoms with E-state index in [1.54, 1.807) is 55.5 Å². The van der Waals surface area contributed by atoms with Gasteiger partial charge in [-0.25, -0.2) is 0 Å². The first-order valence-electron chi connectivity index (χ1n) is 9.41. The van der Waals surface area contributed by atoms with Crippen LogP contribution in [0.25, 0.3) is 0 Å². The van der Waals surface area contributed by atoms with Crippen molar-refractivity contribution >= 4 is 34.6 Å². The minimum absolute atomic E-state index is 0.152. The van der Waals surface area contributed by atoms with Crippen molar-refractivity contribution in [3.63, 3.8) is 0 Å². The number of nitrogens with zero attached hydrogens (tertiary/aromatic N) is 2. The third kappa shape index (κ3) is 6.27. The normalized spacial score (nSPS) is 11.7. The summed E-state index contributed by atoms with van der Waals surface area (Å²) in [4.78, 5) is 23.4. The van der Waals surface area contributed by atoms with Crippen LogP contribution in [0.1, 0.15) is 13.8 Å². The molecule has 2 N–H and O–H groups in total. The van der Waals surface area contributed by atoms with E-state index >= 15 is 0 Å². The SMILES string of the molecule is CC(=O)Nc1ccc(NC(=O)C(C)Oc2ccc(N=Nc3ccccc3)cc2)cc1. The summed E-state index contributed by atoms with van der Waals surface area (Å²) in [6.45, 7) is 3.11. The lowest BCUT2D eigenvalue weighted by Gasteiger charge is -2.15. The van der Waals surface area contributed by atoms with E-state index in [4.69, 9.17) is 4.74 Å². The molecule has 0 fully saturated rings. The average molecular weight is 402 g/mol. The van der Waals surface area contributed by atoms with Gasteiger partial charge in [0.25, 0.3) is 5.91 Å². The predicted molar refractivity (Wildman–Crippen MR) is 117 cm³/mol. The number of benzene rings is 3. The van der Waals surface area contributed by atoms with Gasteiger partial charge < -0.3 is 15.4 Å². The van der Waals surface area contributed by atoms with Gasteiger partial charge in [-0.15, -0.1) is 0 Å². The van der Waals surface area contributed by atoms with E-state index in [-0.39, 0.29) is 11.8 Å². The molecule has 7 heteroatoms. The topological polar surface area (TPSA) is 92.2 Å². The number of nitrogens with one attached hydrogen (secondary N) is 2. The van der Waals surface area contributed by atoms with Crippen LogP contribution in [0.3, 0.4) is 0 Å². The van der Waals surface area contributed by atoms with Crippen molar-refractivity contribution in [2.24, 2.45) is 10.2 Å². The lowest BCUT2D eigenvalue weighted by Crippen LogP contribution is -2.30. The van der Waals surface area contributed by atoms with Crippen molar-refractivity contribution in [1.29, 1.82) is 0 Å². The molecule has 0 saturated carbocycles. The Balaban J connectivity index is 1.53. The predicted octanol–water partition coefficient (Wildman–Crippen LogP) is 5.47. The Labute approximate surface area is 174 Å². The van der Waals surface area contributed by atoms with Crippen LogP contribution in [0.5, 0.6) is 5.75 Å². The molecule has 3 rings (SSSR count). The summed E-state index contributed by atoms with van der Waals surface area (Å²) in [5.41, 5.74) is 2.73. The second-order valence-electron chi connectivity index (χ2n) is 6.54. The van der Waals surface area contributed by atoms with Crippen molar-refractivity contribution in [2.45, 2.75) is 20.0 Å². The minimum atomic E-state index is -0.697. The fraction of sp³-hybridized carbons (Fsp3) is 0.130. The molecule has 30 heavy (non-hydrogen) atoms. The Morgan fingerprint density at radius 1 is 0.767 bits per heavy atom. The Morgan fingerprint density at radius 3 is 1.87 bits per heavy atom. The molecule has 0 bridgehead atoms. The molecular formula is C23H22N4O3. The number of carbonyl (C=O) groups excluding carboxylic acids is 2. The summed E-state index contributed by atoms with van der Waals surface area (Å²) in [6, 6.07) is 23.3. The molecule has 0 aliphatic rings. The molecule has 1 unspecified atom stereocenters. The van der Waals surface area contributed by atoms with Gasteiger partial charge in [0.1, 0.15) is 5.75 Å². The lowest BCUT2D eigenvalue weighted by molar-refractivity contribution is -0.122. The van der Waals surface area contributed by atoms with Gasteiger partial charge in [0.15, 0.2) is 6.10 Å². The van der Waals surface area contributed by atoms with E-state index in [2.05, 4.69) is 20.9 Å². The molecule has 0 aliphatic heterocycles. The number of hydrogen-bond donors (Lipinski definition) is 2. The zero-order valence-electron chi connectivity index (χ0n) is 16.7. The van der Waals surface area contributed by atoms with Gasteiger partial charge in [0, 0.05) is 18.3 Å². The van der Waals surface area contributed by atoms with E-state index in [0.29, 0.717) is 22.8 Å². The van der Waals surface area contributed by atoms with E-state index in [0.717, 1.165) is 5.69 Å². The summed E-state index contributed by atoms with van der Waals surface area (Å²) in [5, 5.41) is 13.8. The van der Waals surface area contributed by atoms with Crippen LogP contribution in [0, 0.1) is 0 Å². The maximum Gasteiger partial charge on any atom is 0.265 e. The monoisotopic (exact) mass is 402 g/mol. The van der Waals surface area contributed by atoms with Crippen LogP contribution in [0.2, 0.25) is 0 Å². The highest BCUT2D eigenvalue weighted by Gasteiger charge is 2.15. The zero-order chi connectivity index (χ0) is 21.3. The second-order valence-corrected chi connectivity index (χ2v) is 6.54. The molecule has 152 valence electrons. The molecule has 2 amide bonds. The van der Waals surface area contributed by atoms with Crippen molar-refractivity contribution in [2.75, 3.05) is 10.6 Å².